The maximum atomic E-state index is 13.4. The molecule has 0 bridgehead atoms. The number of nitrogens with zero attached hydrogens (tertiary/aromatic N) is 3. The molecule has 1 saturated heterocycles. The fourth-order valence-corrected chi connectivity index (χ4v) is 5.90. The van der Waals surface area contributed by atoms with Gasteiger partial charge in [-0.2, -0.15) is 4.31 Å². The molecule has 0 aliphatic carbocycles. The Morgan fingerprint density at radius 2 is 1.84 bits per heavy atom. The maximum absolute atomic E-state index is 13.4. The Balaban J connectivity index is 1.37. The predicted octanol–water partition coefficient (Wildman–Crippen LogP) is 3.68. The summed E-state index contributed by atoms with van der Waals surface area (Å²) in [5.74, 6) is -0.452. The third kappa shape index (κ3) is 4.95. The molecule has 1 aliphatic rings. The summed E-state index contributed by atoms with van der Waals surface area (Å²) in [5.41, 5.74) is 1.28. The van der Waals surface area contributed by atoms with Crippen LogP contribution in [0.1, 0.15) is 5.69 Å². The van der Waals surface area contributed by atoms with Gasteiger partial charge in [0.2, 0.25) is 15.9 Å². The molecule has 1 aliphatic heterocycles. The first-order valence-electron chi connectivity index (χ1n) is 9.57. The maximum Gasteiger partial charge on any atom is 0.243 e. The van der Waals surface area contributed by atoms with E-state index in [4.69, 9.17) is 11.6 Å². The van der Waals surface area contributed by atoms with E-state index in [-0.39, 0.29) is 36.1 Å². The zero-order valence-corrected chi connectivity index (χ0v) is 18.8. The summed E-state index contributed by atoms with van der Waals surface area (Å²) in [7, 11) is -3.65. The number of carbonyl (C=O) groups excluding carboxylic acids is 1. The van der Waals surface area contributed by atoms with E-state index >= 15 is 0 Å². The Kier molecular flexibility index (Phi) is 6.38. The summed E-state index contributed by atoms with van der Waals surface area (Å²) in [6, 6.07) is 12.3. The number of piperazine rings is 1. The molecule has 1 fully saturated rings. The molecule has 0 saturated carbocycles. The van der Waals surface area contributed by atoms with Crippen LogP contribution in [0, 0.1) is 5.82 Å². The second-order valence-electron chi connectivity index (χ2n) is 7.07. The molecule has 6 nitrogen and oxygen atoms in total. The molecular formula is C21H19ClFN3O3S2. The van der Waals surface area contributed by atoms with Gasteiger partial charge in [0.05, 0.1) is 17.0 Å². The molecule has 0 spiro atoms. The van der Waals surface area contributed by atoms with Gasteiger partial charge in [0, 0.05) is 42.1 Å². The number of carbonyl (C=O) groups is 1. The molecule has 1 amide bonds. The minimum atomic E-state index is -3.65. The van der Waals surface area contributed by atoms with Crippen molar-refractivity contribution < 1.29 is 17.6 Å². The summed E-state index contributed by atoms with van der Waals surface area (Å²) < 4.78 is 40.4. The topological polar surface area (TPSA) is 70.6 Å². The summed E-state index contributed by atoms with van der Waals surface area (Å²) in [4.78, 5) is 18.9. The van der Waals surface area contributed by atoms with E-state index in [0.29, 0.717) is 34.4 Å². The zero-order chi connectivity index (χ0) is 22.0. The molecule has 162 valence electrons. The number of aromatic nitrogens is 1. The normalized spacial score (nSPS) is 15.2. The summed E-state index contributed by atoms with van der Waals surface area (Å²) >= 11 is 7.28. The van der Waals surface area contributed by atoms with Crippen LogP contribution in [-0.2, 0) is 21.2 Å². The largest absolute Gasteiger partial charge is 0.340 e. The molecule has 0 atom stereocenters. The lowest BCUT2D eigenvalue weighted by Gasteiger charge is -2.34. The fraction of sp³-hybridized carbons (Fsp3) is 0.238. The highest BCUT2D eigenvalue weighted by Gasteiger charge is 2.30. The van der Waals surface area contributed by atoms with Crippen LogP contribution < -0.4 is 0 Å². The lowest BCUT2D eigenvalue weighted by atomic mass is 10.2. The number of amides is 1. The Morgan fingerprint density at radius 3 is 2.55 bits per heavy atom. The second kappa shape index (κ2) is 9.04. The van der Waals surface area contributed by atoms with Crippen molar-refractivity contribution in [1.82, 2.24) is 14.2 Å². The first kappa shape index (κ1) is 21.9. The van der Waals surface area contributed by atoms with Crippen molar-refractivity contribution in [3.8, 4) is 10.6 Å². The molecule has 0 radical (unpaired) electrons. The Hall–Kier alpha value is -2.33. The lowest BCUT2D eigenvalue weighted by Crippen LogP contribution is -2.50. The van der Waals surface area contributed by atoms with Crippen LogP contribution in [0.25, 0.3) is 10.6 Å². The Labute approximate surface area is 189 Å². The van der Waals surface area contributed by atoms with Gasteiger partial charge >= 0.3 is 0 Å². The van der Waals surface area contributed by atoms with E-state index in [0.717, 1.165) is 0 Å². The van der Waals surface area contributed by atoms with Gasteiger partial charge in [-0.15, -0.1) is 11.3 Å². The minimum Gasteiger partial charge on any atom is -0.340 e. The van der Waals surface area contributed by atoms with Gasteiger partial charge < -0.3 is 4.90 Å². The van der Waals surface area contributed by atoms with Crippen LogP contribution in [0.5, 0.6) is 0 Å². The molecule has 2 heterocycles. The highest BCUT2D eigenvalue weighted by Crippen LogP contribution is 2.25. The number of sulfonamides is 1. The van der Waals surface area contributed by atoms with E-state index in [1.165, 1.54) is 39.9 Å². The quantitative estimate of drug-likeness (QED) is 0.559. The van der Waals surface area contributed by atoms with Gasteiger partial charge in [0.15, 0.2) is 0 Å². The third-order valence-corrected chi connectivity index (χ3v) is 8.05. The number of halogens is 2. The Morgan fingerprint density at radius 1 is 1.10 bits per heavy atom. The average molecular weight is 480 g/mol. The van der Waals surface area contributed by atoms with Crippen LogP contribution in [0.3, 0.4) is 0 Å². The van der Waals surface area contributed by atoms with Gasteiger partial charge in [0.25, 0.3) is 0 Å². The van der Waals surface area contributed by atoms with E-state index in [1.54, 1.807) is 34.5 Å². The molecular weight excluding hydrogens is 461 g/mol. The van der Waals surface area contributed by atoms with Gasteiger partial charge in [0.1, 0.15) is 10.8 Å². The first-order chi connectivity index (χ1) is 14.8. The molecule has 10 heteroatoms. The van der Waals surface area contributed by atoms with Crippen LogP contribution in [0.2, 0.25) is 5.02 Å². The summed E-state index contributed by atoms with van der Waals surface area (Å²) in [6.45, 7) is 1.04. The van der Waals surface area contributed by atoms with Crippen molar-refractivity contribution in [2.24, 2.45) is 0 Å². The highest BCUT2D eigenvalue weighted by molar-refractivity contribution is 7.89. The SMILES string of the molecule is O=C(Cc1csc(-c2cccc(F)c2)n1)N1CCN(S(=O)(=O)c2cccc(Cl)c2)CC1. The molecule has 0 unspecified atom stereocenters. The monoisotopic (exact) mass is 479 g/mol. The van der Waals surface area contributed by atoms with Crippen molar-refractivity contribution in [2.45, 2.75) is 11.3 Å². The number of hydrogen-bond acceptors (Lipinski definition) is 5. The van der Waals surface area contributed by atoms with Gasteiger partial charge in [-0.25, -0.2) is 17.8 Å². The van der Waals surface area contributed by atoms with E-state index in [2.05, 4.69) is 4.98 Å². The van der Waals surface area contributed by atoms with E-state index in [1.807, 2.05) is 0 Å². The summed E-state index contributed by atoms with van der Waals surface area (Å²) in [6.07, 6.45) is 0.118. The van der Waals surface area contributed by atoms with Crippen LogP contribution >= 0.6 is 22.9 Å². The fourth-order valence-electron chi connectivity index (χ4n) is 3.36. The standard InChI is InChI=1S/C21H19ClFN3O3S2/c22-16-4-2-6-19(12-16)31(28,29)26-9-7-25(8-10-26)20(27)13-18-14-30-21(24-18)15-3-1-5-17(23)11-15/h1-6,11-12,14H,7-10,13H2. The van der Waals surface area contributed by atoms with Gasteiger partial charge in [-0.1, -0.05) is 29.8 Å². The van der Waals surface area contributed by atoms with Crippen molar-refractivity contribution in [1.29, 1.82) is 0 Å². The molecule has 4 rings (SSSR count). The number of hydrogen-bond donors (Lipinski definition) is 0. The predicted molar refractivity (Wildman–Crippen MR) is 118 cm³/mol. The Bertz CT molecular complexity index is 1210. The van der Waals surface area contributed by atoms with Crippen molar-refractivity contribution in [3.63, 3.8) is 0 Å². The molecule has 31 heavy (non-hydrogen) atoms. The molecule has 3 aromatic rings. The smallest absolute Gasteiger partial charge is 0.243 e. The van der Waals surface area contributed by atoms with Gasteiger partial charge in [-0.05, 0) is 30.3 Å². The van der Waals surface area contributed by atoms with Crippen molar-refractivity contribution >= 4 is 38.9 Å². The number of thiazole rings is 1. The van der Waals surface area contributed by atoms with Crippen molar-refractivity contribution in [3.05, 3.63) is 70.4 Å². The lowest BCUT2D eigenvalue weighted by molar-refractivity contribution is -0.131. The average Bonchev–Trinajstić information content (AvgIpc) is 3.22. The van der Waals surface area contributed by atoms with Crippen LogP contribution in [0.15, 0.2) is 58.8 Å². The van der Waals surface area contributed by atoms with Crippen LogP contribution in [-0.4, -0.2) is 54.7 Å². The van der Waals surface area contributed by atoms with E-state index < -0.39 is 10.0 Å². The molecule has 0 N–H and O–H groups in total. The number of rotatable bonds is 5. The van der Waals surface area contributed by atoms with Gasteiger partial charge in [-0.3, -0.25) is 4.79 Å². The molecule has 1 aromatic heterocycles. The highest BCUT2D eigenvalue weighted by atomic mass is 35.5. The first-order valence-corrected chi connectivity index (χ1v) is 12.3. The zero-order valence-electron chi connectivity index (χ0n) is 16.4. The van der Waals surface area contributed by atoms with Crippen LogP contribution in [0.4, 0.5) is 4.39 Å². The van der Waals surface area contributed by atoms with Crippen molar-refractivity contribution in [2.75, 3.05) is 26.2 Å². The van der Waals surface area contributed by atoms with E-state index in [9.17, 15) is 17.6 Å². The second-order valence-corrected chi connectivity index (χ2v) is 10.3. The number of benzene rings is 2. The summed E-state index contributed by atoms with van der Waals surface area (Å²) in [5, 5.41) is 2.80. The molecule has 2 aromatic carbocycles. The minimum absolute atomic E-state index is 0.115. The third-order valence-electron chi connectivity index (χ3n) is 4.98.